The van der Waals surface area contributed by atoms with E-state index in [0.29, 0.717) is 62.1 Å². The number of aryl methyl sites for hydroxylation is 1. The number of rotatable bonds is 14. The summed E-state index contributed by atoms with van der Waals surface area (Å²) in [5, 5.41) is 10.5. The van der Waals surface area contributed by atoms with Gasteiger partial charge in [-0.15, -0.1) is 0 Å². The third-order valence-corrected chi connectivity index (χ3v) is 7.53. The Morgan fingerprint density at radius 2 is 1.97 bits per heavy atom. The molecule has 0 aliphatic carbocycles. The molecule has 3 N–H and O–H groups in total. The first kappa shape index (κ1) is 28.6. The molecule has 0 unspecified atom stereocenters. The summed E-state index contributed by atoms with van der Waals surface area (Å²) in [5.74, 6) is 0.150. The molecule has 11 nitrogen and oxygen atoms in total. The van der Waals surface area contributed by atoms with Gasteiger partial charge in [0.05, 0.1) is 19.6 Å². The van der Waals surface area contributed by atoms with E-state index in [-0.39, 0.29) is 31.2 Å². The summed E-state index contributed by atoms with van der Waals surface area (Å²) in [4.78, 5) is 38.8. The highest BCUT2D eigenvalue weighted by Gasteiger charge is 2.47. The lowest BCUT2D eigenvalue weighted by atomic mass is 9.83. The van der Waals surface area contributed by atoms with E-state index in [1.54, 1.807) is 25.6 Å². The zero-order valence-electron chi connectivity index (χ0n) is 22.8. The Bertz CT molecular complexity index is 1110. The first-order valence-electron chi connectivity index (χ1n) is 13.6. The highest BCUT2D eigenvalue weighted by atomic mass is 16.7. The van der Waals surface area contributed by atoms with Crippen molar-refractivity contribution in [3.63, 3.8) is 0 Å². The number of nitrogens with two attached hydrogens (primary N) is 1. The minimum absolute atomic E-state index is 0.00841. The lowest BCUT2D eigenvalue weighted by Crippen LogP contribution is -2.45. The molecule has 2 aliphatic heterocycles. The third kappa shape index (κ3) is 6.77. The normalized spacial score (nSPS) is 20.2. The number of amides is 1. The number of methoxy groups -OCH3 is 1. The van der Waals surface area contributed by atoms with Gasteiger partial charge >= 0.3 is 5.97 Å². The van der Waals surface area contributed by atoms with Crippen LogP contribution in [0.25, 0.3) is 0 Å². The molecule has 3 heterocycles. The average Bonchev–Trinajstić information content (AvgIpc) is 3.56. The van der Waals surface area contributed by atoms with Gasteiger partial charge in [0.25, 0.3) is 0 Å². The molecule has 2 aromatic rings. The van der Waals surface area contributed by atoms with Crippen LogP contribution in [0.2, 0.25) is 0 Å². The molecule has 0 spiro atoms. The van der Waals surface area contributed by atoms with E-state index < -0.39 is 11.9 Å². The Kier molecular flexibility index (Phi) is 9.94. The van der Waals surface area contributed by atoms with Crippen LogP contribution in [0.4, 0.5) is 0 Å². The van der Waals surface area contributed by atoms with Crippen LogP contribution in [-0.4, -0.2) is 89.4 Å². The van der Waals surface area contributed by atoms with Crippen molar-refractivity contribution in [2.75, 3.05) is 46.6 Å². The third-order valence-electron chi connectivity index (χ3n) is 7.53. The minimum atomic E-state index is -0.906. The van der Waals surface area contributed by atoms with E-state index >= 15 is 0 Å². The maximum Gasteiger partial charge on any atom is 0.308 e. The van der Waals surface area contributed by atoms with Crippen molar-refractivity contribution in [3.05, 3.63) is 42.0 Å². The van der Waals surface area contributed by atoms with E-state index in [2.05, 4.69) is 16.9 Å². The monoisotopic (exact) mass is 541 g/mol. The minimum Gasteiger partial charge on any atom is -0.493 e. The molecule has 0 bridgehead atoms. The average molecular weight is 542 g/mol. The molecule has 1 aromatic carbocycles. The van der Waals surface area contributed by atoms with Crippen molar-refractivity contribution >= 4 is 11.9 Å². The summed E-state index contributed by atoms with van der Waals surface area (Å²) in [6.07, 6.45) is 6.97. The Morgan fingerprint density at radius 3 is 2.67 bits per heavy atom. The van der Waals surface area contributed by atoms with E-state index in [1.807, 2.05) is 21.9 Å². The standard InChI is InChI=1S/C28H39N5O6/c1-3-4-12-32(13-5-9-29)25(34)17-33-16-20(19-14-22(37-2)27-23(15-19)38-18-39-27)26(28(35)36)21(33)7-8-24-30-10-6-11-31-24/h6,10-11,14-15,20-21,26H,3-5,7-9,12-13,16-18,29H2,1-2H3,(H,35,36)/t20-,21+,26-/m1/s1. The predicted molar refractivity (Wildman–Crippen MR) is 144 cm³/mol. The summed E-state index contributed by atoms with van der Waals surface area (Å²) in [5.41, 5.74) is 6.51. The first-order valence-corrected chi connectivity index (χ1v) is 13.6. The zero-order chi connectivity index (χ0) is 27.8. The predicted octanol–water partition coefficient (Wildman–Crippen LogP) is 2.29. The number of carbonyl (C=O) groups excluding carboxylic acids is 1. The molecule has 11 heteroatoms. The van der Waals surface area contributed by atoms with E-state index in [1.165, 1.54) is 0 Å². The van der Waals surface area contributed by atoms with Crippen molar-refractivity contribution in [3.8, 4) is 17.2 Å². The maximum atomic E-state index is 13.5. The Labute approximate surface area is 229 Å². The Balaban J connectivity index is 1.63. The largest absolute Gasteiger partial charge is 0.493 e. The fourth-order valence-corrected chi connectivity index (χ4v) is 5.56. The molecule has 212 valence electrons. The number of fused-ring (bicyclic) bond motifs is 1. The van der Waals surface area contributed by atoms with E-state index in [4.69, 9.17) is 19.9 Å². The summed E-state index contributed by atoms with van der Waals surface area (Å²) in [7, 11) is 1.55. The molecule has 0 radical (unpaired) electrons. The number of nitrogens with zero attached hydrogens (tertiary/aromatic N) is 4. The number of hydrogen-bond donors (Lipinski definition) is 2. The lowest BCUT2D eigenvalue weighted by molar-refractivity contribution is -0.143. The topological polar surface area (TPSA) is 140 Å². The molecule has 0 saturated carbocycles. The second kappa shape index (κ2) is 13.6. The Hall–Kier alpha value is -3.44. The molecular formula is C28H39N5O6. The van der Waals surface area contributed by atoms with Gasteiger partial charge in [-0.1, -0.05) is 13.3 Å². The van der Waals surface area contributed by atoms with Gasteiger partial charge in [-0.05, 0) is 49.6 Å². The molecule has 4 rings (SSSR count). The van der Waals surface area contributed by atoms with Gasteiger partial charge in [-0.3, -0.25) is 14.5 Å². The molecule has 1 saturated heterocycles. The first-order chi connectivity index (χ1) is 19.0. The van der Waals surface area contributed by atoms with Crippen LogP contribution in [0.1, 0.15) is 49.9 Å². The highest BCUT2D eigenvalue weighted by Crippen LogP contribution is 2.47. The second-order valence-electron chi connectivity index (χ2n) is 10.0. The van der Waals surface area contributed by atoms with Crippen molar-refractivity contribution in [1.29, 1.82) is 0 Å². The highest BCUT2D eigenvalue weighted by molar-refractivity contribution is 5.79. The van der Waals surface area contributed by atoms with Gasteiger partial charge < -0.3 is 30.0 Å². The number of ether oxygens (including phenoxy) is 3. The van der Waals surface area contributed by atoms with Gasteiger partial charge in [-0.2, -0.15) is 0 Å². The number of unbranched alkanes of at least 4 members (excludes halogenated alkanes) is 1. The van der Waals surface area contributed by atoms with Crippen LogP contribution in [0.15, 0.2) is 30.6 Å². The van der Waals surface area contributed by atoms with Crippen LogP contribution < -0.4 is 19.9 Å². The fourth-order valence-electron chi connectivity index (χ4n) is 5.56. The van der Waals surface area contributed by atoms with Gasteiger partial charge in [0, 0.05) is 50.4 Å². The van der Waals surface area contributed by atoms with E-state index in [0.717, 1.165) is 24.8 Å². The van der Waals surface area contributed by atoms with Gasteiger partial charge in [0.15, 0.2) is 11.5 Å². The van der Waals surface area contributed by atoms with Crippen LogP contribution in [0.5, 0.6) is 17.2 Å². The number of hydrogen-bond acceptors (Lipinski definition) is 9. The molecule has 1 aromatic heterocycles. The second-order valence-corrected chi connectivity index (χ2v) is 10.0. The van der Waals surface area contributed by atoms with E-state index in [9.17, 15) is 14.7 Å². The quantitative estimate of drug-likeness (QED) is 0.366. The van der Waals surface area contributed by atoms with Crippen molar-refractivity contribution in [1.82, 2.24) is 19.8 Å². The number of benzene rings is 1. The molecule has 1 fully saturated rings. The van der Waals surface area contributed by atoms with Gasteiger partial charge in [0.2, 0.25) is 18.4 Å². The smallest absolute Gasteiger partial charge is 0.308 e. The molecule has 3 atom stereocenters. The number of carboxylic acid groups (broad SMARTS) is 1. The van der Waals surface area contributed by atoms with Crippen LogP contribution in [-0.2, 0) is 16.0 Å². The number of aromatic nitrogens is 2. The number of carbonyl (C=O) groups is 2. The van der Waals surface area contributed by atoms with Crippen molar-refractivity contribution < 1.29 is 28.9 Å². The number of aliphatic carboxylic acids is 1. The number of likely N-dealkylation sites (tertiary alicyclic amines) is 1. The molecular weight excluding hydrogens is 502 g/mol. The fraction of sp³-hybridized carbons (Fsp3) is 0.571. The molecule has 1 amide bonds. The summed E-state index contributed by atoms with van der Waals surface area (Å²) in [6, 6.07) is 5.02. The van der Waals surface area contributed by atoms with Crippen molar-refractivity contribution in [2.45, 2.75) is 51.0 Å². The Morgan fingerprint density at radius 1 is 1.21 bits per heavy atom. The molecule has 2 aliphatic rings. The summed E-state index contributed by atoms with van der Waals surface area (Å²) < 4.78 is 16.7. The van der Waals surface area contributed by atoms with Crippen LogP contribution in [0.3, 0.4) is 0 Å². The summed E-state index contributed by atoms with van der Waals surface area (Å²) >= 11 is 0. The zero-order valence-corrected chi connectivity index (χ0v) is 22.8. The number of carboxylic acids is 1. The van der Waals surface area contributed by atoms with Crippen LogP contribution >= 0.6 is 0 Å². The van der Waals surface area contributed by atoms with Crippen molar-refractivity contribution in [2.24, 2.45) is 11.7 Å². The molecule has 39 heavy (non-hydrogen) atoms. The van der Waals surface area contributed by atoms with Gasteiger partial charge in [0.1, 0.15) is 5.82 Å². The van der Waals surface area contributed by atoms with Gasteiger partial charge in [-0.25, -0.2) is 9.97 Å². The summed E-state index contributed by atoms with van der Waals surface area (Å²) in [6.45, 7) is 4.48. The lowest BCUT2D eigenvalue weighted by Gasteiger charge is -2.29. The van der Waals surface area contributed by atoms with Crippen LogP contribution in [0, 0.1) is 5.92 Å². The SMILES string of the molecule is CCCCN(CCCN)C(=O)CN1C[C@H](c2cc(OC)c3c(c2)OCO3)[C@@H](C(=O)O)[C@@H]1CCc1ncccn1. The maximum absolute atomic E-state index is 13.5.